The molecule has 0 amide bonds. The van der Waals surface area contributed by atoms with Crippen molar-refractivity contribution in [2.24, 2.45) is 5.73 Å². The van der Waals surface area contributed by atoms with Crippen LogP contribution in [0.15, 0.2) is 17.1 Å². The fraction of sp³-hybridized carbons (Fsp3) is 0.400. The fourth-order valence-corrected chi connectivity index (χ4v) is 1.84. The highest BCUT2D eigenvalue weighted by Gasteiger charge is 2.27. The first-order valence-corrected chi connectivity index (χ1v) is 5.09. The number of hydrogen-bond donors (Lipinski definition) is 2. The average molecular weight is 204 g/mol. The smallest absolute Gasteiger partial charge is 0.326 e. The van der Waals surface area contributed by atoms with Gasteiger partial charge in [0.25, 0.3) is 0 Å². The Morgan fingerprint density at radius 1 is 1.60 bits per heavy atom. The average Bonchev–Trinajstić information content (AvgIpc) is 3.00. The molecule has 1 fully saturated rings. The van der Waals surface area contributed by atoms with Crippen molar-refractivity contribution in [2.45, 2.75) is 25.4 Å². The molecule has 0 aromatic carbocycles. The standard InChI is InChI=1S/C10H12N4O/c11-4-6-3-8-9(12-5-6)14(7-1-2-7)10(15)13-8/h3,5,7H,1-2,4,11H2,(H,13,15). The predicted molar refractivity (Wildman–Crippen MR) is 56.5 cm³/mol. The van der Waals surface area contributed by atoms with Gasteiger partial charge in [0.15, 0.2) is 5.65 Å². The molecule has 0 atom stereocenters. The highest BCUT2D eigenvalue weighted by Crippen LogP contribution is 2.35. The fourth-order valence-electron chi connectivity index (χ4n) is 1.84. The van der Waals surface area contributed by atoms with Gasteiger partial charge in [0.2, 0.25) is 0 Å². The van der Waals surface area contributed by atoms with Crippen LogP contribution in [0.25, 0.3) is 11.2 Å². The van der Waals surface area contributed by atoms with E-state index in [1.165, 1.54) is 0 Å². The summed E-state index contributed by atoms with van der Waals surface area (Å²) in [6, 6.07) is 2.24. The molecule has 3 N–H and O–H groups in total. The van der Waals surface area contributed by atoms with Crippen molar-refractivity contribution in [1.29, 1.82) is 0 Å². The first-order valence-electron chi connectivity index (χ1n) is 5.09. The molecule has 0 radical (unpaired) electrons. The van der Waals surface area contributed by atoms with Gasteiger partial charge in [-0.25, -0.2) is 9.78 Å². The van der Waals surface area contributed by atoms with Gasteiger partial charge in [0, 0.05) is 18.8 Å². The Morgan fingerprint density at radius 2 is 2.40 bits per heavy atom. The lowest BCUT2D eigenvalue weighted by Crippen LogP contribution is -2.15. The number of hydrogen-bond acceptors (Lipinski definition) is 3. The van der Waals surface area contributed by atoms with Crippen LogP contribution >= 0.6 is 0 Å². The molecule has 3 rings (SSSR count). The zero-order chi connectivity index (χ0) is 10.4. The summed E-state index contributed by atoms with van der Waals surface area (Å²) in [7, 11) is 0. The summed E-state index contributed by atoms with van der Waals surface area (Å²) in [5.41, 5.74) is 7.93. The zero-order valence-corrected chi connectivity index (χ0v) is 8.23. The monoisotopic (exact) mass is 204 g/mol. The van der Waals surface area contributed by atoms with E-state index in [0.29, 0.717) is 12.6 Å². The van der Waals surface area contributed by atoms with E-state index in [9.17, 15) is 4.79 Å². The minimum Gasteiger partial charge on any atom is -0.326 e. The number of pyridine rings is 1. The molecule has 0 aliphatic heterocycles. The topological polar surface area (TPSA) is 76.7 Å². The number of nitrogens with one attached hydrogen (secondary N) is 1. The molecular formula is C10H12N4O. The van der Waals surface area contributed by atoms with E-state index in [-0.39, 0.29) is 5.69 Å². The molecule has 0 bridgehead atoms. The Balaban J connectivity index is 2.28. The van der Waals surface area contributed by atoms with Crippen LogP contribution in [0.1, 0.15) is 24.4 Å². The molecule has 1 aliphatic carbocycles. The lowest BCUT2D eigenvalue weighted by atomic mass is 10.3. The quantitative estimate of drug-likeness (QED) is 0.748. The lowest BCUT2D eigenvalue weighted by Gasteiger charge is -1.99. The summed E-state index contributed by atoms with van der Waals surface area (Å²) in [5.74, 6) is 0. The van der Waals surface area contributed by atoms with E-state index in [2.05, 4.69) is 9.97 Å². The third-order valence-electron chi connectivity index (χ3n) is 2.76. The molecular weight excluding hydrogens is 192 g/mol. The van der Waals surface area contributed by atoms with Crippen LogP contribution in [0.2, 0.25) is 0 Å². The minimum atomic E-state index is -0.0610. The lowest BCUT2D eigenvalue weighted by molar-refractivity contribution is 0.725. The van der Waals surface area contributed by atoms with E-state index in [1.807, 2.05) is 6.07 Å². The number of nitrogens with two attached hydrogens (primary N) is 1. The Labute approximate surface area is 85.9 Å². The summed E-state index contributed by atoms with van der Waals surface area (Å²) in [6.07, 6.45) is 3.88. The number of nitrogens with zero attached hydrogens (tertiary/aromatic N) is 2. The van der Waals surface area contributed by atoms with Crippen LogP contribution in [-0.2, 0) is 6.54 Å². The number of imidazole rings is 1. The van der Waals surface area contributed by atoms with Gasteiger partial charge in [-0.05, 0) is 24.5 Å². The number of aromatic nitrogens is 3. The van der Waals surface area contributed by atoms with Gasteiger partial charge in [-0.2, -0.15) is 0 Å². The Hall–Kier alpha value is -1.62. The van der Waals surface area contributed by atoms with Crippen LogP contribution in [0.3, 0.4) is 0 Å². The second-order valence-corrected chi connectivity index (χ2v) is 3.95. The predicted octanol–water partition coefficient (Wildman–Crippen LogP) is 0.518. The Bertz CT molecular complexity index is 564. The van der Waals surface area contributed by atoms with Gasteiger partial charge in [-0.1, -0.05) is 0 Å². The third-order valence-corrected chi connectivity index (χ3v) is 2.76. The van der Waals surface area contributed by atoms with E-state index < -0.39 is 0 Å². The second-order valence-electron chi connectivity index (χ2n) is 3.95. The highest BCUT2D eigenvalue weighted by atomic mass is 16.1. The molecule has 0 spiro atoms. The van der Waals surface area contributed by atoms with Gasteiger partial charge >= 0.3 is 5.69 Å². The number of aromatic amines is 1. The molecule has 0 saturated heterocycles. The Kier molecular flexibility index (Phi) is 1.70. The van der Waals surface area contributed by atoms with Gasteiger partial charge in [0.1, 0.15) is 0 Å². The SMILES string of the molecule is NCc1cnc2c(c1)[nH]c(=O)n2C1CC1. The maximum atomic E-state index is 11.7. The first kappa shape index (κ1) is 8.67. The van der Waals surface area contributed by atoms with Crippen molar-refractivity contribution in [1.82, 2.24) is 14.5 Å². The molecule has 0 unspecified atom stereocenters. The first-order chi connectivity index (χ1) is 7.29. The summed E-state index contributed by atoms with van der Waals surface area (Å²) in [6.45, 7) is 0.444. The maximum absolute atomic E-state index is 11.7. The molecule has 1 aliphatic rings. The van der Waals surface area contributed by atoms with E-state index >= 15 is 0 Å². The third kappa shape index (κ3) is 1.27. The van der Waals surface area contributed by atoms with Gasteiger partial charge in [-0.3, -0.25) is 4.57 Å². The molecule has 1 saturated carbocycles. The molecule has 2 aromatic rings. The number of rotatable bonds is 2. The summed E-state index contributed by atoms with van der Waals surface area (Å²) >= 11 is 0. The zero-order valence-electron chi connectivity index (χ0n) is 8.23. The second kappa shape index (κ2) is 2.93. The molecule has 2 heterocycles. The largest absolute Gasteiger partial charge is 0.327 e. The van der Waals surface area contributed by atoms with E-state index in [1.54, 1.807) is 10.8 Å². The van der Waals surface area contributed by atoms with Crippen LogP contribution in [-0.4, -0.2) is 14.5 Å². The van der Waals surface area contributed by atoms with E-state index in [0.717, 1.165) is 29.6 Å². The normalized spacial score (nSPS) is 16.1. The van der Waals surface area contributed by atoms with Crippen LogP contribution < -0.4 is 11.4 Å². The Morgan fingerprint density at radius 3 is 3.07 bits per heavy atom. The van der Waals surface area contributed by atoms with Gasteiger partial charge in [-0.15, -0.1) is 0 Å². The van der Waals surface area contributed by atoms with Gasteiger partial charge < -0.3 is 10.7 Å². The molecule has 15 heavy (non-hydrogen) atoms. The van der Waals surface area contributed by atoms with Crippen molar-refractivity contribution < 1.29 is 0 Å². The molecule has 5 nitrogen and oxygen atoms in total. The van der Waals surface area contributed by atoms with Crippen LogP contribution in [0, 0.1) is 0 Å². The molecule has 2 aromatic heterocycles. The van der Waals surface area contributed by atoms with E-state index in [4.69, 9.17) is 5.73 Å². The minimum absolute atomic E-state index is 0.0610. The maximum Gasteiger partial charge on any atom is 0.327 e. The van der Waals surface area contributed by atoms with Crippen LogP contribution in [0.5, 0.6) is 0 Å². The van der Waals surface area contributed by atoms with Crippen molar-refractivity contribution in [3.05, 3.63) is 28.3 Å². The van der Waals surface area contributed by atoms with Crippen molar-refractivity contribution >= 4 is 11.2 Å². The number of H-pyrrole nitrogens is 1. The summed E-state index contributed by atoms with van der Waals surface area (Å²) in [5, 5.41) is 0. The van der Waals surface area contributed by atoms with Crippen molar-refractivity contribution in [2.75, 3.05) is 0 Å². The number of fused-ring (bicyclic) bond motifs is 1. The molecule has 5 heteroatoms. The summed E-state index contributed by atoms with van der Waals surface area (Å²) < 4.78 is 1.75. The van der Waals surface area contributed by atoms with Crippen molar-refractivity contribution in [3.8, 4) is 0 Å². The summed E-state index contributed by atoms with van der Waals surface area (Å²) in [4.78, 5) is 18.8. The van der Waals surface area contributed by atoms with Crippen LogP contribution in [0.4, 0.5) is 0 Å². The highest BCUT2D eigenvalue weighted by molar-refractivity contribution is 5.71. The van der Waals surface area contributed by atoms with Gasteiger partial charge in [0.05, 0.1) is 5.52 Å². The van der Waals surface area contributed by atoms with Crippen molar-refractivity contribution in [3.63, 3.8) is 0 Å². The molecule has 78 valence electrons.